The average molecular weight is 368 g/mol. The Morgan fingerprint density at radius 2 is 2.00 bits per heavy atom. The molecule has 6 heteroatoms. The molecule has 1 rings (SSSR count). The topological polar surface area (TPSA) is 52.5 Å². The molecule has 0 spiro atoms. The molecule has 0 aliphatic carbocycles. The number of guanidine groups is 1. The van der Waals surface area contributed by atoms with Crippen LogP contribution in [0, 0.1) is 0 Å². The van der Waals surface area contributed by atoms with Gasteiger partial charge < -0.3 is 15.5 Å². The maximum Gasteiger partial charge on any atom is 0.191 e. The van der Waals surface area contributed by atoms with Crippen LogP contribution >= 0.6 is 11.3 Å². The van der Waals surface area contributed by atoms with E-state index in [1.165, 1.54) is 23.7 Å². The van der Waals surface area contributed by atoms with Gasteiger partial charge >= 0.3 is 0 Å². The van der Waals surface area contributed by atoms with E-state index in [2.05, 4.69) is 65.5 Å². The Morgan fingerprint density at radius 3 is 2.56 bits per heavy atom. The first-order valence-corrected chi connectivity index (χ1v) is 10.5. The molecule has 0 aliphatic heterocycles. The first-order valence-electron chi connectivity index (χ1n) is 9.63. The summed E-state index contributed by atoms with van der Waals surface area (Å²) >= 11 is 1.76. The second-order valence-corrected chi connectivity index (χ2v) is 7.68. The van der Waals surface area contributed by atoms with E-state index < -0.39 is 0 Å². The van der Waals surface area contributed by atoms with Gasteiger partial charge in [0, 0.05) is 37.4 Å². The molecule has 1 heterocycles. The van der Waals surface area contributed by atoms with Crippen LogP contribution in [0.1, 0.15) is 64.1 Å². The third kappa shape index (κ3) is 8.68. The monoisotopic (exact) mass is 367 g/mol. The quantitative estimate of drug-likeness (QED) is 0.464. The highest BCUT2D eigenvalue weighted by atomic mass is 32.1. The molecule has 1 atom stereocenters. The standard InChI is InChI=1S/C19H37N5S/c1-7-24(8-2)13-9-10-16(5)22-19(20-6)21-12-11-17-14-25-18(23-17)15(3)4/h14-16H,7-13H2,1-6H3,(H2,20,21,22). The number of hydrogen-bond donors (Lipinski definition) is 2. The van der Waals surface area contributed by atoms with Crippen LogP contribution in [0.15, 0.2) is 10.4 Å². The predicted molar refractivity (Wildman–Crippen MR) is 111 cm³/mol. The summed E-state index contributed by atoms with van der Waals surface area (Å²) < 4.78 is 0. The normalized spacial score (nSPS) is 13.5. The van der Waals surface area contributed by atoms with Crippen LogP contribution in [0.4, 0.5) is 0 Å². The molecule has 5 nitrogen and oxygen atoms in total. The molecule has 0 aromatic carbocycles. The fraction of sp³-hybridized carbons (Fsp3) is 0.789. The number of rotatable bonds is 11. The first-order chi connectivity index (χ1) is 12.0. The van der Waals surface area contributed by atoms with E-state index >= 15 is 0 Å². The number of aliphatic imine (C=N–C) groups is 1. The van der Waals surface area contributed by atoms with E-state index in [1.54, 1.807) is 11.3 Å². The number of aromatic nitrogens is 1. The molecule has 1 unspecified atom stereocenters. The van der Waals surface area contributed by atoms with Gasteiger partial charge in [0.15, 0.2) is 5.96 Å². The fourth-order valence-electron chi connectivity index (χ4n) is 2.67. The minimum Gasteiger partial charge on any atom is -0.356 e. The summed E-state index contributed by atoms with van der Waals surface area (Å²) in [5.41, 5.74) is 1.17. The van der Waals surface area contributed by atoms with Crippen molar-refractivity contribution < 1.29 is 0 Å². The zero-order valence-corrected chi connectivity index (χ0v) is 17.7. The lowest BCUT2D eigenvalue weighted by atomic mass is 10.2. The molecular weight excluding hydrogens is 330 g/mol. The zero-order chi connectivity index (χ0) is 18.7. The first kappa shape index (κ1) is 21.9. The van der Waals surface area contributed by atoms with E-state index in [9.17, 15) is 0 Å². The molecule has 0 saturated carbocycles. The van der Waals surface area contributed by atoms with Crippen molar-refractivity contribution in [1.82, 2.24) is 20.5 Å². The van der Waals surface area contributed by atoms with Crippen molar-refractivity contribution in [2.75, 3.05) is 33.2 Å². The summed E-state index contributed by atoms with van der Waals surface area (Å²) in [4.78, 5) is 11.5. The van der Waals surface area contributed by atoms with Crippen LogP contribution in [0.3, 0.4) is 0 Å². The molecule has 0 radical (unpaired) electrons. The van der Waals surface area contributed by atoms with E-state index in [-0.39, 0.29) is 0 Å². The van der Waals surface area contributed by atoms with Crippen molar-refractivity contribution in [1.29, 1.82) is 0 Å². The average Bonchev–Trinajstić information content (AvgIpc) is 3.07. The van der Waals surface area contributed by atoms with Crippen LogP contribution in [0.5, 0.6) is 0 Å². The van der Waals surface area contributed by atoms with E-state index in [0.29, 0.717) is 12.0 Å². The van der Waals surface area contributed by atoms with Gasteiger partial charge in [-0.2, -0.15) is 0 Å². The Labute approximate surface area is 158 Å². The lowest BCUT2D eigenvalue weighted by Crippen LogP contribution is -2.43. The summed E-state index contributed by atoms with van der Waals surface area (Å²) in [6, 6.07) is 0.425. The number of nitrogens with one attached hydrogen (secondary N) is 2. The highest BCUT2D eigenvalue weighted by Crippen LogP contribution is 2.19. The van der Waals surface area contributed by atoms with Gasteiger partial charge in [0.1, 0.15) is 0 Å². The second kappa shape index (κ2) is 12.3. The minimum atomic E-state index is 0.425. The van der Waals surface area contributed by atoms with Gasteiger partial charge in [0.05, 0.1) is 10.7 Å². The van der Waals surface area contributed by atoms with Gasteiger partial charge in [-0.15, -0.1) is 11.3 Å². The third-order valence-electron chi connectivity index (χ3n) is 4.35. The van der Waals surface area contributed by atoms with Gasteiger partial charge in [-0.05, 0) is 39.4 Å². The molecule has 0 amide bonds. The van der Waals surface area contributed by atoms with Crippen molar-refractivity contribution in [2.24, 2.45) is 4.99 Å². The predicted octanol–water partition coefficient (Wildman–Crippen LogP) is 3.48. The summed E-state index contributed by atoms with van der Waals surface area (Å²) in [5, 5.41) is 10.3. The summed E-state index contributed by atoms with van der Waals surface area (Å²) in [6.45, 7) is 15.4. The number of nitrogens with zero attached hydrogens (tertiary/aromatic N) is 3. The third-order valence-corrected chi connectivity index (χ3v) is 5.54. The molecule has 0 fully saturated rings. The lowest BCUT2D eigenvalue weighted by molar-refractivity contribution is 0.292. The van der Waals surface area contributed by atoms with Crippen LogP contribution < -0.4 is 10.6 Å². The van der Waals surface area contributed by atoms with E-state index in [4.69, 9.17) is 0 Å². The Hall–Kier alpha value is -1.14. The lowest BCUT2D eigenvalue weighted by Gasteiger charge is -2.21. The summed E-state index contributed by atoms with van der Waals surface area (Å²) in [5.74, 6) is 1.40. The minimum absolute atomic E-state index is 0.425. The Morgan fingerprint density at radius 1 is 1.28 bits per heavy atom. The SMILES string of the molecule is CCN(CC)CCCC(C)NC(=NC)NCCc1csc(C(C)C)n1. The van der Waals surface area contributed by atoms with Crippen molar-refractivity contribution in [3.05, 3.63) is 16.1 Å². The molecule has 0 saturated heterocycles. The fourth-order valence-corrected chi connectivity index (χ4v) is 3.54. The van der Waals surface area contributed by atoms with Gasteiger partial charge in [-0.25, -0.2) is 4.98 Å². The maximum absolute atomic E-state index is 4.68. The molecule has 1 aromatic rings. The summed E-state index contributed by atoms with van der Waals surface area (Å²) in [7, 11) is 1.83. The molecule has 144 valence electrons. The van der Waals surface area contributed by atoms with E-state index in [1.807, 2.05) is 7.05 Å². The molecule has 1 aromatic heterocycles. The molecule has 25 heavy (non-hydrogen) atoms. The molecular formula is C19H37N5S. The Kier molecular flexibility index (Phi) is 10.7. The zero-order valence-electron chi connectivity index (χ0n) is 16.9. The van der Waals surface area contributed by atoms with Gasteiger partial charge in [0.25, 0.3) is 0 Å². The molecule has 0 bridgehead atoms. The smallest absolute Gasteiger partial charge is 0.191 e. The number of hydrogen-bond acceptors (Lipinski definition) is 4. The van der Waals surface area contributed by atoms with Gasteiger partial charge in [-0.3, -0.25) is 4.99 Å². The van der Waals surface area contributed by atoms with Crippen LogP contribution in [0.2, 0.25) is 0 Å². The van der Waals surface area contributed by atoms with Crippen LogP contribution in [0.25, 0.3) is 0 Å². The van der Waals surface area contributed by atoms with Crippen LogP contribution in [-0.2, 0) is 6.42 Å². The largest absolute Gasteiger partial charge is 0.356 e. The summed E-state index contributed by atoms with van der Waals surface area (Å²) in [6.07, 6.45) is 3.30. The van der Waals surface area contributed by atoms with Crippen molar-refractivity contribution in [2.45, 2.75) is 65.8 Å². The highest BCUT2D eigenvalue weighted by Gasteiger charge is 2.08. The van der Waals surface area contributed by atoms with Gasteiger partial charge in [-0.1, -0.05) is 27.7 Å². The second-order valence-electron chi connectivity index (χ2n) is 6.80. The van der Waals surface area contributed by atoms with Crippen molar-refractivity contribution in [3.63, 3.8) is 0 Å². The molecule has 0 aliphatic rings. The number of thiazole rings is 1. The van der Waals surface area contributed by atoms with Gasteiger partial charge in [0.2, 0.25) is 0 Å². The maximum atomic E-state index is 4.68. The Balaban J connectivity index is 2.26. The van der Waals surface area contributed by atoms with Crippen LogP contribution in [-0.4, -0.2) is 55.1 Å². The molecule has 2 N–H and O–H groups in total. The highest BCUT2D eigenvalue weighted by molar-refractivity contribution is 7.09. The van der Waals surface area contributed by atoms with Crippen molar-refractivity contribution in [3.8, 4) is 0 Å². The Bertz CT molecular complexity index is 494. The van der Waals surface area contributed by atoms with E-state index in [0.717, 1.165) is 38.4 Å². The van der Waals surface area contributed by atoms with Crippen molar-refractivity contribution >= 4 is 17.3 Å².